The monoisotopic (exact) mass is 249 g/mol. The van der Waals surface area contributed by atoms with Crippen molar-refractivity contribution < 1.29 is 14.7 Å². The largest absolute Gasteiger partial charge is 0.481 e. The minimum atomic E-state index is -0.944. The molecule has 0 spiro atoms. The molecule has 2 atom stereocenters. The van der Waals surface area contributed by atoms with Crippen LogP contribution in [0.3, 0.4) is 0 Å². The first-order valence-electron chi connectivity index (χ1n) is 6.07. The van der Waals surface area contributed by atoms with Crippen LogP contribution in [0.15, 0.2) is 30.3 Å². The van der Waals surface area contributed by atoms with Crippen LogP contribution in [0.2, 0.25) is 0 Å². The van der Waals surface area contributed by atoms with Crippen molar-refractivity contribution in [3.05, 3.63) is 35.9 Å². The van der Waals surface area contributed by atoms with Crippen molar-refractivity contribution in [2.45, 2.75) is 20.3 Å². The Morgan fingerprint density at radius 2 is 1.78 bits per heavy atom. The highest BCUT2D eigenvalue weighted by Crippen LogP contribution is 2.10. The lowest BCUT2D eigenvalue weighted by atomic mass is 9.95. The molecule has 0 aromatic heterocycles. The predicted octanol–water partition coefficient (Wildman–Crippen LogP) is 1.70. The van der Waals surface area contributed by atoms with Gasteiger partial charge in [0.05, 0.1) is 5.92 Å². The summed E-state index contributed by atoms with van der Waals surface area (Å²) in [6.07, 6.45) is 0.751. The summed E-state index contributed by atoms with van der Waals surface area (Å²) in [7, 11) is 0. The van der Waals surface area contributed by atoms with Crippen LogP contribution in [0.25, 0.3) is 0 Å². The Hall–Kier alpha value is -1.84. The lowest BCUT2D eigenvalue weighted by Gasteiger charge is -2.15. The number of benzene rings is 1. The van der Waals surface area contributed by atoms with Crippen molar-refractivity contribution in [2.24, 2.45) is 11.8 Å². The number of carboxylic acids is 1. The zero-order valence-electron chi connectivity index (χ0n) is 10.7. The van der Waals surface area contributed by atoms with Crippen molar-refractivity contribution in [2.75, 3.05) is 6.54 Å². The van der Waals surface area contributed by atoms with Gasteiger partial charge in [-0.15, -0.1) is 0 Å². The van der Waals surface area contributed by atoms with Crippen LogP contribution < -0.4 is 5.32 Å². The van der Waals surface area contributed by atoms with Crippen LogP contribution in [-0.2, 0) is 16.0 Å². The molecule has 0 aliphatic rings. The van der Waals surface area contributed by atoms with Crippen LogP contribution in [-0.4, -0.2) is 23.5 Å². The molecule has 0 fully saturated rings. The molecule has 0 saturated carbocycles. The number of nitrogens with one attached hydrogen (secondary N) is 1. The third-order valence-electron chi connectivity index (χ3n) is 3.11. The molecule has 0 aliphatic heterocycles. The smallest absolute Gasteiger partial charge is 0.307 e. The second-order valence-corrected chi connectivity index (χ2v) is 4.44. The average Bonchev–Trinajstić information content (AvgIpc) is 2.38. The Labute approximate surface area is 107 Å². The van der Waals surface area contributed by atoms with E-state index in [2.05, 4.69) is 5.32 Å². The first kappa shape index (κ1) is 14.2. The van der Waals surface area contributed by atoms with Gasteiger partial charge in [-0.1, -0.05) is 44.2 Å². The first-order chi connectivity index (χ1) is 8.52. The Morgan fingerprint density at radius 1 is 1.17 bits per heavy atom. The van der Waals surface area contributed by atoms with E-state index < -0.39 is 17.8 Å². The molecule has 0 bridgehead atoms. The molecule has 0 heterocycles. The topological polar surface area (TPSA) is 66.4 Å². The van der Waals surface area contributed by atoms with E-state index in [1.807, 2.05) is 30.3 Å². The van der Waals surface area contributed by atoms with Crippen LogP contribution in [0, 0.1) is 11.8 Å². The van der Waals surface area contributed by atoms with Gasteiger partial charge in [-0.2, -0.15) is 0 Å². The van der Waals surface area contributed by atoms with Gasteiger partial charge < -0.3 is 10.4 Å². The van der Waals surface area contributed by atoms with Gasteiger partial charge in [0.15, 0.2) is 0 Å². The van der Waals surface area contributed by atoms with Crippen molar-refractivity contribution in [1.82, 2.24) is 5.32 Å². The summed E-state index contributed by atoms with van der Waals surface area (Å²) in [5.74, 6) is -2.33. The van der Waals surface area contributed by atoms with Gasteiger partial charge in [-0.25, -0.2) is 0 Å². The molecule has 2 unspecified atom stereocenters. The van der Waals surface area contributed by atoms with Crippen LogP contribution in [0.1, 0.15) is 19.4 Å². The summed E-state index contributed by atoms with van der Waals surface area (Å²) in [6.45, 7) is 3.71. The maximum absolute atomic E-state index is 11.7. The van der Waals surface area contributed by atoms with Gasteiger partial charge >= 0.3 is 5.97 Å². The summed E-state index contributed by atoms with van der Waals surface area (Å²) in [5.41, 5.74) is 1.15. The molecule has 1 rings (SSSR count). The second kappa shape index (κ2) is 6.79. The molecule has 18 heavy (non-hydrogen) atoms. The van der Waals surface area contributed by atoms with E-state index in [4.69, 9.17) is 5.11 Å². The molecule has 0 radical (unpaired) electrons. The Balaban J connectivity index is 2.35. The van der Waals surface area contributed by atoms with Crippen LogP contribution in [0.5, 0.6) is 0 Å². The second-order valence-electron chi connectivity index (χ2n) is 4.44. The fourth-order valence-electron chi connectivity index (χ4n) is 1.58. The van der Waals surface area contributed by atoms with E-state index in [1.165, 1.54) is 0 Å². The van der Waals surface area contributed by atoms with Gasteiger partial charge in [0.1, 0.15) is 0 Å². The van der Waals surface area contributed by atoms with Crippen LogP contribution in [0.4, 0.5) is 0 Å². The SMILES string of the molecule is CC(C(=O)O)C(C)C(=O)NCCc1ccccc1. The fraction of sp³-hybridized carbons (Fsp3) is 0.429. The lowest BCUT2D eigenvalue weighted by Crippen LogP contribution is -2.36. The highest BCUT2D eigenvalue weighted by molar-refractivity contribution is 5.84. The number of carboxylic acid groups (broad SMARTS) is 1. The standard InChI is InChI=1S/C14H19NO3/c1-10(11(2)14(17)18)13(16)15-9-8-12-6-4-3-5-7-12/h3-7,10-11H,8-9H2,1-2H3,(H,15,16)(H,17,18). The third-order valence-corrected chi connectivity index (χ3v) is 3.11. The predicted molar refractivity (Wildman–Crippen MR) is 69.1 cm³/mol. The van der Waals surface area contributed by atoms with Gasteiger partial charge in [-0.3, -0.25) is 9.59 Å². The summed E-state index contributed by atoms with van der Waals surface area (Å²) < 4.78 is 0. The zero-order valence-corrected chi connectivity index (χ0v) is 10.7. The number of amides is 1. The summed E-state index contributed by atoms with van der Waals surface area (Å²) >= 11 is 0. The Kier molecular flexibility index (Phi) is 5.36. The molecule has 1 amide bonds. The number of carbonyl (C=O) groups is 2. The first-order valence-corrected chi connectivity index (χ1v) is 6.07. The summed E-state index contributed by atoms with van der Waals surface area (Å²) in [5, 5.41) is 11.6. The maximum atomic E-state index is 11.7. The van der Waals surface area contributed by atoms with Crippen molar-refractivity contribution in [3.63, 3.8) is 0 Å². The average molecular weight is 249 g/mol. The van der Waals surface area contributed by atoms with Crippen molar-refractivity contribution >= 4 is 11.9 Å². The molecule has 2 N–H and O–H groups in total. The highest BCUT2D eigenvalue weighted by atomic mass is 16.4. The molecular formula is C14H19NO3. The summed E-state index contributed by atoms with van der Waals surface area (Å²) in [6, 6.07) is 9.84. The van der Waals surface area contributed by atoms with E-state index in [0.717, 1.165) is 12.0 Å². The number of aliphatic carboxylic acids is 1. The number of rotatable bonds is 6. The quantitative estimate of drug-likeness (QED) is 0.806. The number of hydrogen-bond donors (Lipinski definition) is 2. The van der Waals surface area contributed by atoms with Gasteiger partial charge in [0.2, 0.25) is 5.91 Å². The molecule has 0 saturated heterocycles. The molecule has 1 aromatic carbocycles. The van der Waals surface area contributed by atoms with E-state index in [0.29, 0.717) is 6.54 Å². The molecule has 98 valence electrons. The molecule has 4 nitrogen and oxygen atoms in total. The van der Waals surface area contributed by atoms with E-state index >= 15 is 0 Å². The van der Waals surface area contributed by atoms with E-state index in [-0.39, 0.29) is 5.91 Å². The summed E-state index contributed by atoms with van der Waals surface area (Å²) in [4.78, 5) is 22.5. The Morgan fingerprint density at radius 3 is 2.33 bits per heavy atom. The normalized spacial score (nSPS) is 13.7. The molecule has 4 heteroatoms. The highest BCUT2D eigenvalue weighted by Gasteiger charge is 2.25. The third kappa shape index (κ3) is 4.20. The number of carbonyl (C=O) groups excluding carboxylic acids is 1. The van der Waals surface area contributed by atoms with E-state index in [1.54, 1.807) is 13.8 Å². The number of hydrogen-bond acceptors (Lipinski definition) is 2. The van der Waals surface area contributed by atoms with Gasteiger partial charge in [0, 0.05) is 12.5 Å². The zero-order chi connectivity index (χ0) is 13.5. The van der Waals surface area contributed by atoms with Crippen LogP contribution >= 0.6 is 0 Å². The van der Waals surface area contributed by atoms with Crippen molar-refractivity contribution in [1.29, 1.82) is 0 Å². The molecule has 1 aromatic rings. The maximum Gasteiger partial charge on any atom is 0.307 e. The van der Waals surface area contributed by atoms with Crippen molar-refractivity contribution in [3.8, 4) is 0 Å². The van der Waals surface area contributed by atoms with Gasteiger partial charge in [-0.05, 0) is 12.0 Å². The minimum Gasteiger partial charge on any atom is -0.481 e. The molecular weight excluding hydrogens is 230 g/mol. The molecule has 0 aliphatic carbocycles. The lowest BCUT2D eigenvalue weighted by molar-refractivity contribution is -0.146. The van der Waals surface area contributed by atoms with Gasteiger partial charge in [0.25, 0.3) is 0 Å². The fourth-order valence-corrected chi connectivity index (χ4v) is 1.58. The Bertz CT molecular complexity index is 403. The van der Waals surface area contributed by atoms with E-state index in [9.17, 15) is 9.59 Å². The minimum absolute atomic E-state index is 0.208.